The molecule has 0 aromatic heterocycles. The molecular weight excluding hydrogens is 244 g/mol. The molecule has 0 amide bonds. The van der Waals surface area contributed by atoms with Crippen molar-refractivity contribution in [2.75, 3.05) is 6.61 Å². The van der Waals surface area contributed by atoms with E-state index in [1.54, 1.807) is 0 Å². The van der Waals surface area contributed by atoms with E-state index >= 15 is 0 Å². The molecule has 18 heavy (non-hydrogen) atoms. The van der Waals surface area contributed by atoms with Crippen LogP contribution < -0.4 is 0 Å². The Bertz CT molecular complexity index is 365. The molecule has 1 aromatic carbocycles. The minimum Gasteiger partial charge on any atom is -0.373 e. The van der Waals surface area contributed by atoms with Crippen molar-refractivity contribution in [3.05, 3.63) is 35.4 Å². The molecule has 0 radical (unpaired) electrons. The average Bonchev–Trinajstić information content (AvgIpc) is 2.84. The van der Waals surface area contributed by atoms with E-state index in [1.165, 1.54) is 24.0 Å². The van der Waals surface area contributed by atoms with Crippen molar-refractivity contribution in [2.24, 2.45) is 0 Å². The first-order valence-electron chi connectivity index (χ1n) is 7.02. The highest BCUT2D eigenvalue weighted by Gasteiger charge is 2.38. The van der Waals surface area contributed by atoms with Crippen LogP contribution in [0.15, 0.2) is 24.3 Å². The van der Waals surface area contributed by atoms with Crippen molar-refractivity contribution in [1.82, 2.24) is 0 Å². The van der Waals surface area contributed by atoms with Crippen LogP contribution in [0.3, 0.4) is 0 Å². The van der Waals surface area contributed by atoms with E-state index in [0.717, 1.165) is 25.9 Å². The number of benzene rings is 1. The summed E-state index contributed by atoms with van der Waals surface area (Å²) in [6, 6.07) is 8.74. The van der Waals surface area contributed by atoms with Crippen LogP contribution in [0.1, 0.15) is 56.0 Å². The molecular formula is C16H23ClO. The Morgan fingerprint density at radius 3 is 2.61 bits per heavy atom. The summed E-state index contributed by atoms with van der Waals surface area (Å²) in [4.78, 5) is 0. The normalized spacial score (nSPS) is 25.3. The van der Waals surface area contributed by atoms with Gasteiger partial charge in [0, 0.05) is 6.61 Å². The standard InChI is InChI=1S/C16H23ClO/c1-3-4-6-13-7-9-14(10-8-13)15(17)16(2)11-5-12-18-16/h7-10,15H,3-6,11-12H2,1-2H3. The van der Waals surface area contributed by atoms with Gasteiger partial charge in [0.2, 0.25) is 0 Å². The second-order valence-electron chi connectivity index (χ2n) is 5.47. The van der Waals surface area contributed by atoms with Gasteiger partial charge in [-0.2, -0.15) is 0 Å². The molecule has 1 heterocycles. The molecule has 0 N–H and O–H groups in total. The smallest absolute Gasteiger partial charge is 0.0872 e. The zero-order valence-corrected chi connectivity index (χ0v) is 12.2. The summed E-state index contributed by atoms with van der Waals surface area (Å²) in [5.41, 5.74) is 2.40. The second-order valence-corrected chi connectivity index (χ2v) is 5.91. The SMILES string of the molecule is CCCCc1ccc(C(Cl)C2(C)CCCO2)cc1. The number of aryl methyl sites for hydroxylation is 1. The molecule has 0 spiro atoms. The maximum absolute atomic E-state index is 6.59. The lowest BCUT2D eigenvalue weighted by Crippen LogP contribution is -2.28. The van der Waals surface area contributed by atoms with Crippen molar-refractivity contribution in [3.8, 4) is 0 Å². The van der Waals surface area contributed by atoms with Crippen molar-refractivity contribution in [2.45, 2.75) is 56.9 Å². The summed E-state index contributed by atoms with van der Waals surface area (Å²) < 4.78 is 5.82. The van der Waals surface area contributed by atoms with Crippen LogP contribution in [0.5, 0.6) is 0 Å². The predicted octanol–water partition coefficient (Wildman–Crippen LogP) is 4.88. The first-order chi connectivity index (χ1) is 8.65. The van der Waals surface area contributed by atoms with Gasteiger partial charge in [0.15, 0.2) is 0 Å². The van der Waals surface area contributed by atoms with Crippen molar-refractivity contribution >= 4 is 11.6 Å². The molecule has 2 unspecified atom stereocenters. The molecule has 0 bridgehead atoms. The zero-order chi connectivity index (χ0) is 13.0. The maximum atomic E-state index is 6.59. The highest BCUT2D eigenvalue weighted by Crippen LogP contribution is 2.41. The lowest BCUT2D eigenvalue weighted by molar-refractivity contribution is 0.0164. The molecule has 1 aliphatic rings. The Kier molecular flexibility index (Phi) is 4.69. The molecule has 1 fully saturated rings. The molecule has 0 saturated carbocycles. The Hall–Kier alpha value is -0.530. The predicted molar refractivity (Wildman–Crippen MR) is 77.2 cm³/mol. The molecule has 2 atom stereocenters. The molecule has 1 aliphatic heterocycles. The van der Waals surface area contributed by atoms with Crippen LogP contribution in [0.25, 0.3) is 0 Å². The molecule has 100 valence electrons. The molecule has 2 heteroatoms. The first-order valence-corrected chi connectivity index (χ1v) is 7.46. The van der Waals surface area contributed by atoms with Gasteiger partial charge in [-0.15, -0.1) is 11.6 Å². The Morgan fingerprint density at radius 1 is 1.33 bits per heavy atom. The zero-order valence-electron chi connectivity index (χ0n) is 11.4. The third-order valence-electron chi connectivity index (χ3n) is 3.88. The Balaban J connectivity index is 2.04. The third kappa shape index (κ3) is 3.07. The minimum absolute atomic E-state index is 0.0415. The van der Waals surface area contributed by atoms with Gasteiger partial charge in [0.25, 0.3) is 0 Å². The first kappa shape index (κ1) is 13.9. The number of unbranched alkanes of at least 4 members (excludes halogenated alkanes) is 1. The summed E-state index contributed by atoms with van der Waals surface area (Å²) in [6.07, 6.45) is 5.83. The van der Waals surface area contributed by atoms with Gasteiger partial charge in [0.1, 0.15) is 0 Å². The fraction of sp³-hybridized carbons (Fsp3) is 0.625. The summed E-state index contributed by atoms with van der Waals surface area (Å²) >= 11 is 6.59. The summed E-state index contributed by atoms with van der Waals surface area (Å²) in [5, 5.41) is -0.0415. The summed E-state index contributed by atoms with van der Waals surface area (Å²) in [5.74, 6) is 0. The highest BCUT2D eigenvalue weighted by atomic mass is 35.5. The molecule has 0 aliphatic carbocycles. The highest BCUT2D eigenvalue weighted by molar-refractivity contribution is 6.21. The molecule has 1 nitrogen and oxygen atoms in total. The number of hydrogen-bond donors (Lipinski definition) is 0. The van der Waals surface area contributed by atoms with Gasteiger partial charge in [-0.25, -0.2) is 0 Å². The van der Waals surface area contributed by atoms with Crippen LogP contribution in [-0.4, -0.2) is 12.2 Å². The van der Waals surface area contributed by atoms with Crippen LogP contribution in [0, 0.1) is 0 Å². The lowest BCUT2D eigenvalue weighted by atomic mass is 9.92. The van der Waals surface area contributed by atoms with Gasteiger partial charge < -0.3 is 4.74 Å². The van der Waals surface area contributed by atoms with Crippen LogP contribution in [-0.2, 0) is 11.2 Å². The average molecular weight is 267 g/mol. The van der Waals surface area contributed by atoms with E-state index in [9.17, 15) is 0 Å². The molecule has 2 rings (SSSR count). The number of ether oxygens (including phenoxy) is 1. The van der Waals surface area contributed by atoms with Gasteiger partial charge in [-0.05, 0) is 43.7 Å². The largest absolute Gasteiger partial charge is 0.373 e. The topological polar surface area (TPSA) is 9.23 Å². The quantitative estimate of drug-likeness (QED) is 0.691. The number of alkyl halides is 1. The Morgan fingerprint density at radius 2 is 2.06 bits per heavy atom. The van der Waals surface area contributed by atoms with E-state index in [2.05, 4.69) is 38.1 Å². The van der Waals surface area contributed by atoms with E-state index in [-0.39, 0.29) is 11.0 Å². The van der Waals surface area contributed by atoms with Crippen LogP contribution >= 0.6 is 11.6 Å². The second kappa shape index (κ2) is 6.08. The van der Waals surface area contributed by atoms with Gasteiger partial charge in [-0.3, -0.25) is 0 Å². The van der Waals surface area contributed by atoms with Crippen molar-refractivity contribution < 1.29 is 4.74 Å². The fourth-order valence-corrected chi connectivity index (χ4v) is 2.90. The van der Waals surface area contributed by atoms with Gasteiger partial charge >= 0.3 is 0 Å². The number of hydrogen-bond acceptors (Lipinski definition) is 1. The van der Waals surface area contributed by atoms with Gasteiger partial charge in [-0.1, -0.05) is 37.6 Å². The van der Waals surface area contributed by atoms with Crippen LogP contribution in [0.2, 0.25) is 0 Å². The van der Waals surface area contributed by atoms with E-state index in [1.807, 2.05) is 0 Å². The van der Waals surface area contributed by atoms with Crippen molar-refractivity contribution in [3.63, 3.8) is 0 Å². The monoisotopic (exact) mass is 266 g/mol. The van der Waals surface area contributed by atoms with E-state index in [4.69, 9.17) is 16.3 Å². The minimum atomic E-state index is -0.188. The fourth-order valence-electron chi connectivity index (χ4n) is 2.59. The summed E-state index contributed by atoms with van der Waals surface area (Å²) in [6.45, 7) is 5.19. The molecule has 1 aromatic rings. The number of halogens is 1. The van der Waals surface area contributed by atoms with Crippen molar-refractivity contribution in [1.29, 1.82) is 0 Å². The van der Waals surface area contributed by atoms with Gasteiger partial charge in [0.05, 0.1) is 11.0 Å². The van der Waals surface area contributed by atoms with Crippen LogP contribution in [0.4, 0.5) is 0 Å². The lowest BCUT2D eigenvalue weighted by Gasteiger charge is -2.29. The maximum Gasteiger partial charge on any atom is 0.0872 e. The third-order valence-corrected chi connectivity index (χ3v) is 4.59. The number of rotatable bonds is 5. The summed E-state index contributed by atoms with van der Waals surface area (Å²) in [7, 11) is 0. The van der Waals surface area contributed by atoms with E-state index < -0.39 is 0 Å². The molecule has 1 saturated heterocycles. The Labute approximate surface area is 115 Å². The van der Waals surface area contributed by atoms with E-state index in [0.29, 0.717) is 0 Å².